The number of hydrogen-bond donors (Lipinski definition) is 2. The topological polar surface area (TPSA) is 40.5 Å². The molecule has 4 atom stereocenters. The Hall–Kier alpha value is -0.340. The SMILES string of the molecule is CCCC[C@@H]1CCC[C@@]1(O)CC=C[C@H]1CCC[C@@H]1CCCCCCCCO. The van der Waals surface area contributed by atoms with E-state index in [-0.39, 0.29) is 0 Å². The molecule has 0 radical (unpaired) electrons. The van der Waals surface area contributed by atoms with Crippen molar-refractivity contribution >= 4 is 0 Å². The van der Waals surface area contributed by atoms with Gasteiger partial charge in [-0.1, -0.05) is 76.9 Å². The van der Waals surface area contributed by atoms with Gasteiger partial charge in [-0.2, -0.15) is 0 Å². The van der Waals surface area contributed by atoms with Crippen molar-refractivity contribution in [3.63, 3.8) is 0 Å². The Morgan fingerprint density at radius 2 is 1.67 bits per heavy atom. The maximum Gasteiger partial charge on any atom is 0.0710 e. The normalized spacial score (nSPS) is 31.3. The Labute approximate surface area is 168 Å². The summed E-state index contributed by atoms with van der Waals surface area (Å²) in [5.41, 5.74) is -0.408. The Balaban J connectivity index is 1.67. The minimum Gasteiger partial charge on any atom is -0.396 e. The minimum atomic E-state index is -0.408. The molecule has 2 heteroatoms. The molecular weight excluding hydrogens is 332 g/mol. The number of unbranched alkanes of at least 4 members (excludes halogenated alkanes) is 6. The molecule has 0 aromatic heterocycles. The summed E-state index contributed by atoms with van der Waals surface area (Å²) >= 11 is 0. The van der Waals surface area contributed by atoms with Crippen LogP contribution in [-0.2, 0) is 0 Å². The quantitative estimate of drug-likeness (QED) is 0.258. The first-order valence-corrected chi connectivity index (χ1v) is 12.2. The summed E-state index contributed by atoms with van der Waals surface area (Å²) in [5.74, 6) is 2.18. The molecule has 0 bridgehead atoms. The van der Waals surface area contributed by atoms with Gasteiger partial charge in [0.25, 0.3) is 0 Å². The summed E-state index contributed by atoms with van der Waals surface area (Å²) in [6.07, 6.45) is 25.9. The second-order valence-corrected chi connectivity index (χ2v) is 9.46. The monoisotopic (exact) mass is 378 g/mol. The zero-order chi connectivity index (χ0) is 19.4. The highest BCUT2D eigenvalue weighted by Crippen LogP contribution is 2.42. The molecule has 0 aliphatic heterocycles. The molecule has 2 rings (SSSR count). The van der Waals surface area contributed by atoms with Crippen LogP contribution in [0.2, 0.25) is 0 Å². The number of aliphatic hydroxyl groups is 2. The van der Waals surface area contributed by atoms with E-state index in [0.29, 0.717) is 12.5 Å². The van der Waals surface area contributed by atoms with Crippen LogP contribution in [-0.4, -0.2) is 22.4 Å². The van der Waals surface area contributed by atoms with Crippen molar-refractivity contribution in [1.82, 2.24) is 0 Å². The van der Waals surface area contributed by atoms with Crippen LogP contribution in [0.25, 0.3) is 0 Å². The summed E-state index contributed by atoms with van der Waals surface area (Å²) in [4.78, 5) is 0. The smallest absolute Gasteiger partial charge is 0.0710 e. The highest BCUT2D eigenvalue weighted by Gasteiger charge is 2.39. The van der Waals surface area contributed by atoms with Crippen molar-refractivity contribution in [1.29, 1.82) is 0 Å². The van der Waals surface area contributed by atoms with Crippen molar-refractivity contribution < 1.29 is 10.2 Å². The first-order chi connectivity index (χ1) is 13.2. The van der Waals surface area contributed by atoms with Gasteiger partial charge < -0.3 is 10.2 Å². The van der Waals surface area contributed by atoms with Gasteiger partial charge in [0.2, 0.25) is 0 Å². The standard InChI is InChI=1S/C25H46O2/c1-2-3-17-24-18-12-20-25(24,27)19-11-16-23-15-10-14-22(23)13-8-6-4-5-7-9-21-26/h11,16,22-24,26-27H,2-10,12-15,17-21H2,1H3/t22-,23+,24+,25-/m0/s1. The first-order valence-electron chi connectivity index (χ1n) is 12.2. The van der Waals surface area contributed by atoms with E-state index < -0.39 is 5.60 Å². The Kier molecular flexibility index (Phi) is 11.0. The molecule has 0 saturated heterocycles. The molecule has 2 fully saturated rings. The van der Waals surface area contributed by atoms with Gasteiger partial charge in [-0.3, -0.25) is 0 Å². The van der Waals surface area contributed by atoms with Crippen LogP contribution >= 0.6 is 0 Å². The third-order valence-electron chi connectivity index (χ3n) is 7.38. The van der Waals surface area contributed by atoms with E-state index in [9.17, 15) is 5.11 Å². The average Bonchev–Trinajstić information content (AvgIpc) is 3.26. The van der Waals surface area contributed by atoms with Gasteiger partial charge in [-0.25, -0.2) is 0 Å². The predicted octanol–water partition coefficient (Wildman–Crippen LogP) is 6.79. The molecule has 2 nitrogen and oxygen atoms in total. The maximum absolute atomic E-state index is 11.1. The van der Waals surface area contributed by atoms with E-state index in [1.165, 1.54) is 89.9 Å². The Morgan fingerprint density at radius 3 is 2.44 bits per heavy atom. The number of hydrogen-bond acceptors (Lipinski definition) is 2. The fourth-order valence-electron chi connectivity index (χ4n) is 5.61. The fourth-order valence-corrected chi connectivity index (χ4v) is 5.61. The molecule has 158 valence electrons. The van der Waals surface area contributed by atoms with Crippen molar-refractivity contribution in [2.24, 2.45) is 17.8 Å². The van der Waals surface area contributed by atoms with Gasteiger partial charge >= 0.3 is 0 Å². The van der Waals surface area contributed by atoms with Crippen LogP contribution in [0.3, 0.4) is 0 Å². The summed E-state index contributed by atoms with van der Waals surface area (Å²) in [7, 11) is 0. The van der Waals surface area contributed by atoms with Crippen molar-refractivity contribution in [2.45, 2.75) is 122 Å². The largest absolute Gasteiger partial charge is 0.396 e. The lowest BCUT2D eigenvalue weighted by atomic mass is 9.83. The van der Waals surface area contributed by atoms with E-state index in [0.717, 1.165) is 31.1 Å². The van der Waals surface area contributed by atoms with Crippen LogP contribution in [0, 0.1) is 17.8 Å². The van der Waals surface area contributed by atoms with E-state index in [1.54, 1.807) is 0 Å². The van der Waals surface area contributed by atoms with Crippen molar-refractivity contribution in [3.05, 3.63) is 12.2 Å². The minimum absolute atomic E-state index is 0.352. The van der Waals surface area contributed by atoms with Crippen LogP contribution in [0.15, 0.2) is 12.2 Å². The third-order valence-corrected chi connectivity index (χ3v) is 7.38. The molecule has 27 heavy (non-hydrogen) atoms. The van der Waals surface area contributed by atoms with Crippen LogP contribution in [0.5, 0.6) is 0 Å². The molecule has 0 aromatic rings. The highest BCUT2D eigenvalue weighted by molar-refractivity contribution is 5.02. The average molecular weight is 379 g/mol. The molecule has 2 aliphatic carbocycles. The first kappa shape index (κ1) is 22.9. The van der Waals surface area contributed by atoms with E-state index in [4.69, 9.17) is 5.11 Å². The van der Waals surface area contributed by atoms with Crippen LogP contribution in [0.4, 0.5) is 0 Å². The summed E-state index contributed by atoms with van der Waals surface area (Å²) < 4.78 is 0. The zero-order valence-corrected chi connectivity index (χ0v) is 18.0. The lowest BCUT2D eigenvalue weighted by molar-refractivity contribution is 0.00134. The highest BCUT2D eigenvalue weighted by atomic mass is 16.3. The van der Waals surface area contributed by atoms with E-state index in [1.807, 2.05) is 0 Å². The van der Waals surface area contributed by atoms with Crippen molar-refractivity contribution in [3.8, 4) is 0 Å². The molecular formula is C25H46O2. The Morgan fingerprint density at radius 1 is 0.889 bits per heavy atom. The molecule has 0 heterocycles. The molecule has 2 aliphatic rings. The second kappa shape index (κ2) is 13.0. The van der Waals surface area contributed by atoms with Gasteiger partial charge in [0, 0.05) is 6.61 Å². The van der Waals surface area contributed by atoms with Gasteiger partial charge in [0.05, 0.1) is 5.60 Å². The van der Waals surface area contributed by atoms with Gasteiger partial charge in [0.1, 0.15) is 0 Å². The van der Waals surface area contributed by atoms with Crippen LogP contribution < -0.4 is 0 Å². The number of rotatable bonds is 14. The van der Waals surface area contributed by atoms with E-state index in [2.05, 4.69) is 19.1 Å². The second-order valence-electron chi connectivity index (χ2n) is 9.46. The van der Waals surface area contributed by atoms with Crippen LogP contribution in [0.1, 0.15) is 116 Å². The van der Waals surface area contributed by atoms with Gasteiger partial charge in [0.15, 0.2) is 0 Å². The predicted molar refractivity (Wildman–Crippen MR) is 116 cm³/mol. The number of aliphatic hydroxyl groups excluding tert-OH is 1. The molecule has 0 amide bonds. The molecule has 0 unspecified atom stereocenters. The third kappa shape index (κ3) is 7.89. The molecule has 2 saturated carbocycles. The van der Waals surface area contributed by atoms with Crippen molar-refractivity contribution in [2.75, 3.05) is 6.61 Å². The Bertz CT molecular complexity index is 405. The van der Waals surface area contributed by atoms with Gasteiger partial charge in [-0.15, -0.1) is 0 Å². The molecule has 0 spiro atoms. The lowest BCUT2D eigenvalue weighted by Crippen LogP contribution is -2.32. The lowest BCUT2D eigenvalue weighted by Gasteiger charge is -2.29. The van der Waals surface area contributed by atoms with E-state index >= 15 is 0 Å². The maximum atomic E-state index is 11.1. The number of allylic oxidation sites excluding steroid dienone is 1. The fraction of sp³-hybridized carbons (Fsp3) is 0.920. The van der Waals surface area contributed by atoms with Gasteiger partial charge in [-0.05, 0) is 69.1 Å². The summed E-state index contributed by atoms with van der Waals surface area (Å²) in [6.45, 7) is 2.60. The molecule has 2 N–H and O–H groups in total. The molecule has 0 aromatic carbocycles. The summed E-state index contributed by atoms with van der Waals surface area (Å²) in [5, 5.41) is 19.9. The zero-order valence-electron chi connectivity index (χ0n) is 18.0. The summed E-state index contributed by atoms with van der Waals surface area (Å²) in [6, 6.07) is 0.